The lowest BCUT2D eigenvalue weighted by atomic mass is 10.1. The summed E-state index contributed by atoms with van der Waals surface area (Å²) in [5, 5.41) is 12.3. The molecule has 0 aromatic carbocycles. The molecule has 0 amide bonds. The molecule has 0 aliphatic heterocycles. The Morgan fingerprint density at radius 2 is 1.79 bits per heavy atom. The minimum absolute atomic E-state index is 0.247. The van der Waals surface area contributed by atoms with Gasteiger partial charge in [0.05, 0.1) is 19.6 Å². The van der Waals surface area contributed by atoms with E-state index in [2.05, 4.69) is 23.1 Å². The van der Waals surface area contributed by atoms with Crippen LogP contribution in [0.3, 0.4) is 0 Å². The molecule has 0 aromatic rings. The Bertz CT molecular complexity index is 368. The molecule has 1 atom stereocenters. The van der Waals surface area contributed by atoms with Crippen molar-refractivity contribution in [3.63, 3.8) is 0 Å². The molecule has 4 heteroatoms. The second-order valence-corrected chi connectivity index (χ2v) is 4.04. The zero-order valence-electron chi connectivity index (χ0n) is 11.1. The lowest BCUT2D eigenvalue weighted by Gasteiger charge is -2.24. The maximum atomic E-state index is 11.2. The van der Waals surface area contributed by atoms with Gasteiger partial charge in [-0.25, -0.2) is 0 Å². The first kappa shape index (κ1) is 17.1. The quantitative estimate of drug-likeness (QED) is 0.441. The van der Waals surface area contributed by atoms with Crippen LogP contribution < -0.4 is 5.32 Å². The first-order valence-electron chi connectivity index (χ1n) is 6.15. The highest BCUT2D eigenvalue weighted by molar-refractivity contribution is 5.73. The van der Waals surface area contributed by atoms with Crippen molar-refractivity contribution >= 4 is 5.97 Å². The molecule has 19 heavy (non-hydrogen) atoms. The molecule has 1 unspecified atom stereocenters. The molecule has 0 fully saturated rings. The SMILES string of the molecule is C#CCNCCCCC(C(=O)O)N(CC#C)CC#C. The number of nitrogens with zero attached hydrogens (tertiary/aromatic N) is 1. The number of rotatable bonds is 10. The van der Waals surface area contributed by atoms with Gasteiger partial charge in [-0.3, -0.25) is 9.69 Å². The Hall–Kier alpha value is -1.93. The summed E-state index contributed by atoms with van der Waals surface area (Å²) < 4.78 is 0. The van der Waals surface area contributed by atoms with Gasteiger partial charge in [0.15, 0.2) is 0 Å². The average Bonchev–Trinajstić information content (AvgIpc) is 2.37. The molecular formula is C15H20N2O2. The molecule has 0 radical (unpaired) electrons. The summed E-state index contributed by atoms with van der Waals surface area (Å²) in [5.74, 6) is 6.47. The van der Waals surface area contributed by atoms with E-state index in [0.717, 1.165) is 19.4 Å². The normalized spacial score (nSPS) is 11.3. The molecule has 0 saturated carbocycles. The molecule has 0 bridgehead atoms. The van der Waals surface area contributed by atoms with Crippen molar-refractivity contribution in [2.24, 2.45) is 0 Å². The van der Waals surface area contributed by atoms with E-state index in [9.17, 15) is 9.90 Å². The van der Waals surface area contributed by atoms with Gasteiger partial charge in [-0.2, -0.15) is 0 Å². The highest BCUT2D eigenvalue weighted by Gasteiger charge is 2.23. The summed E-state index contributed by atoms with van der Waals surface area (Å²) in [4.78, 5) is 12.9. The Balaban J connectivity index is 4.18. The van der Waals surface area contributed by atoms with E-state index in [0.29, 0.717) is 13.0 Å². The Labute approximate surface area is 115 Å². The van der Waals surface area contributed by atoms with Crippen molar-refractivity contribution in [2.45, 2.75) is 25.3 Å². The number of carbonyl (C=O) groups is 1. The van der Waals surface area contributed by atoms with E-state index in [1.807, 2.05) is 0 Å². The largest absolute Gasteiger partial charge is 0.480 e. The molecule has 0 saturated heterocycles. The van der Waals surface area contributed by atoms with Gasteiger partial charge in [-0.15, -0.1) is 19.3 Å². The predicted octanol–water partition coefficient (Wildman–Crippen LogP) is 0.401. The third-order valence-corrected chi connectivity index (χ3v) is 2.62. The summed E-state index contributed by atoms with van der Waals surface area (Å²) >= 11 is 0. The van der Waals surface area contributed by atoms with E-state index in [1.54, 1.807) is 4.90 Å². The van der Waals surface area contributed by atoms with Gasteiger partial charge < -0.3 is 10.4 Å². The van der Waals surface area contributed by atoms with Gasteiger partial charge >= 0.3 is 5.97 Å². The van der Waals surface area contributed by atoms with Crippen LogP contribution in [0.4, 0.5) is 0 Å². The lowest BCUT2D eigenvalue weighted by Crippen LogP contribution is -2.41. The number of hydrogen-bond acceptors (Lipinski definition) is 3. The predicted molar refractivity (Wildman–Crippen MR) is 76.2 cm³/mol. The minimum Gasteiger partial charge on any atom is -0.480 e. The fraction of sp³-hybridized carbons (Fsp3) is 0.533. The summed E-state index contributed by atoms with van der Waals surface area (Å²) in [6.45, 7) is 1.80. The van der Waals surface area contributed by atoms with E-state index in [1.165, 1.54) is 0 Å². The van der Waals surface area contributed by atoms with Crippen LogP contribution in [-0.4, -0.2) is 48.2 Å². The molecule has 0 aliphatic rings. The Morgan fingerprint density at radius 1 is 1.16 bits per heavy atom. The standard InChI is InChI=1S/C15H20N2O2/c1-4-10-16-11-8-7-9-14(15(18)19)17(12-5-2)13-6-3/h1-3,14,16H,7-13H2,(H,18,19). The number of aliphatic carboxylic acids is 1. The zero-order valence-corrected chi connectivity index (χ0v) is 11.1. The minimum atomic E-state index is -0.887. The number of terminal acetylenes is 3. The Kier molecular flexibility index (Phi) is 10.0. The molecule has 2 N–H and O–H groups in total. The number of nitrogens with one attached hydrogen (secondary N) is 1. The van der Waals surface area contributed by atoms with E-state index >= 15 is 0 Å². The molecule has 102 valence electrons. The number of hydrogen-bond donors (Lipinski definition) is 2. The lowest BCUT2D eigenvalue weighted by molar-refractivity contribution is -0.143. The molecule has 0 aromatic heterocycles. The molecule has 0 aliphatic carbocycles. The van der Waals surface area contributed by atoms with Crippen LogP contribution >= 0.6 is 0 Å². The maximum absolute atomic E-state index is 11.2. The third kappa shape index (κ3) is 7.90. The average molecular weight is 260 g/mol. The van der Waals surface area contributed by atoms with Crippen LogP contribution in [0.2, 0.25) is 0 Å². The van der Waals surface area contributed by atoms with Crippen LogP contribution in [-0.2, 0) is 4.79 Å². The van der Waals surface area contributed by atoms with E-state index in [4.69, 9.17) is 19.3 Å². The fourth-order valence-electron chi connectivity index (χ4n) is 1.72. The van der Waals surface area contributed by atoms with Crippen molar-refractivity contribution in [1.82, 2.24) is 10.2 Å². The Morgan fingerprint density at radius 3 is 2.26 bits per heavy atom. The first-order valence-corrected chi connectivity index (χ1v) is 6.15. The van der Waals surface area contributed by atoms with Crippen molar-refractivity contribution in [3.8, 4) is 37.0 Å². The summed E-state index contributed by atoms with van der Waals surface area (Å²) in [7, 11) is 0. The van der Waals surface area contributed by atoms with Crippen molar-refractivity contribution in [1.29, 1.82) is 0 Å². The van der Waals surface area contributed by atoms with Gasteiger partial charge in [-0.05, 0) is 19.4 Å². The van der Waals surface area contributed by atoms with Crippen molar-refractivity contribution < 1.29 is 9.90 Å². The fourth-order valence-corrected chi connectivity index (χ4v) is 1.72. The van der Waals surface area contributed by atoms with E-state index in [-0.39, 0.29) is 13.1 Å². The van der Waals surface area contributed by atoms with E-state index < -0.39 is 12.0 Å². The summed E-state index contributed by atoms with van der Waals surface area (Å²) in [6.07, 6.45) is 17.7. The number of unbranched alkanes of at least 4 members (excludes halogenated alkanes) is 1. The molecule has 0 rings (SSSR count). The van der Waals surface area contributed by atoms with Gasteiger partial charge in [0.1, 0.15) is 6.04 Å². The highest BCUT2D eigenvalue weighted by Crippen LogP contribution is 2.09. The summed E-state index contributed by atoms with van der Waals surface area (Å²) in [5.41, 5.74) is 0. The van der Waals surface area contributed by atoms with Gasteiger partial charge in [0.25, 0.3) is 0 Å². The smallest absolute Gasteiger partial charge is 0.320 e. The highest BCUT2D eigenvalue weighted by atomic mass is 16.4. The molecule has 0 spiro atoms. The number of carboxylic acid groups (broad SMARTS) is 1. The topological polar surface area (TPSA) is 52.6 Å². The van der Waals surface area contributed by atoms with Gasteiger partial charge in [-0.1, -0.05) is 24.2 Å². The monoisotopic (exact) mass is 260 g/mol. The van der Waals surface area contributed by atoms with Crippen LogP contribution in [0, 0.1) is 37.0 Å². The second-order valence-electron chi connectivity index (χ2n) is 4.04. The number of carboxylic acids is 1. The third-order valence-electron chi connectivity index (χ3n) is 2.62. The second kappa shape index (κ2) is 11.2. The van der Waals surface area contributed by atoms with Crippen molar-refractivity contribution in [3.05, 3.63) is 0 Å². The van der Waals surface area contributed by atoms with Crippen LogP contribution in [0.5, 0.6) is 0 Å². The molecule has 4 nitrogen and oxygen atoms in total. The zero-order chi connectivity index (χ0) is 14.5. The van der Waals surface area contributed by atoms with Crippen LogP contribution in [0.25, 0.3) is 0 Å². The molecule has 0 heterocycles. The van der Waals surface area contributed by atoms with Gasteiger partial charge in [0, 0.05) is 0 Å². The van der Waals surface area contributed by atoms with Gasteiger partial charge in [0.2, 0.25) is 0 Å². The van der Waals surface area contributed by atoms with Crippen molar-refractivity contribution in [2.75, 3.05) is 26.2 Å². The molecular weight excluding hydrogens is 240 g/mol. The van der Waals surface area contributed by atoms with Crippen LogP contribution in [0.15, 0.2) is 0 Å². The van der Waals surface area contributed by atoms with Crippen LogP contribution in [0.1, 0.15) is 19.3 Å². The maximum Gasteiger partial charge on any atom is 0.320 e. The first-order chi connectivity index (χ1) is 9.17. The summed E-state index contributed by atoms with van der Waals surface area (Å²) in [6, 6.07) is -0.625.